The molecule has 1 saturated carbocycles. The molecule has 0 N–H and O–H groups in total. The molecule has 2 rings (SSSR count). The fourth-order valence-corrected chi connectivity index (χ4v) is 1.19. The molecule has 0 amide bonds. The van der Waals surface area contributed by atoms with Crippen LogP contribution in [0, 0.1) is 31.8 Å². The quantitative estimate of drug-likeness (QED) is 0.698. The van der Waals surface area contributed by atoms with Crippen LogP contribution in [0.3, 0.4) is 0 Å². The van der Waals surface area contributed by atoms with Crippen LogP contribution in [0.1, 0.15) is 0 Å². The zero-order valence-electron chi connectivity index (χ0n) is 6.91. The zero-order valence-corrected chi connectivity index (χ0v) is 7.66. The van der Waals surface area contributed by atoms with Crippen molar-refractivity contribution in [1.82, 2.24) is 0 Å². The second-order valence-corrected chi connectivity index (χ2v) is 3.11. The van der Waals surface area contributed by atoms with Crippen molar-refractivity contribution in [2.24, 2.45) is 0 Å². The number of halogens is 1. The molecule has 5 radical (unpaired) electrons. The van der Waals surface area contributed by atoms with Crippen molar-refractivity contribution in [3.63, 3.8) is 0 Å². The maximum absolute atomic E-state index is 5.74. The van der Waals surface area contributed by atoms with Gasteiger partial charge in [-0.25, -0.2) is 0 Å². The minimum Gasteiger partial charge on any atom is -0.482 e. The van der Waals surface area contributed by atoms with Gasteiger partial charge in [-0.15, -0.1) is 0 Å². The Morgan fingerprint density at radius 3 is 2.15 bits per heavy atom. The maximum atomic E-state index is 5.74. The molecule has 0 spiro atoms. The molecule has 1 aliphatic carbocycles. The monoisotopic (exact) mass is 191 g/mol. The number of rotatable bonds is 2. The van der Waals surface area contributed by atoms with E-state index in [1.54, 1.807) is 12.1 Å². The molecular weight excluding hydrogens is 184 g/mol. The summed E-state index contributed by atoms with van der Waals surface area (Å²) in [4.78, 5) is 0. The molecule has 0 saturated heterocycles. The van der Waals surface area contributed by atoms with Crippen molar-refractivity contribution in [1.29, 1.82) is 0 Å². The van der Waals surface area contributed by atoms with Gasteiger partial charge in [0.2, 0.25) is 0 Å². The predicted molar refractivity (Wildman–Crippen MR) is 52.5 cm³/mol. The summed E-state index contributed by atoms with van der Waals surface area (Å²) in [6.07, 6.45) is 8.54. The van der Waals surface area contributed by atoms with E-state index in [1.165, 1.54) is 0 Å². The van der Waals surface area contributed by atoms with Gasteiger partial charge in [-0.3, -0.25) is 0 Å². The Hall–Kier alpha value is -0.690. The summed E-state index contributed by atoms with van der Waals surface area (Å²) in [5, 5.41) is 0.717. The summed E-state index contributed by atoms with van der Waals surface area (Å²) < 4.78 is 5.51. The Morgan fingerprint density at radius 1 is 0.923 bits per heavy atom. The van der Waals surface area contributed by atoms with Crippen LogP contribution in [0.2, 0.25) is 5.02 Å². The third-order valence-corrected chi connectivity index (χ3v) is 1.93. The van der Waals surface area contributed by atoms with E-state index < -0.39 is 0 Å². The smallest absolute Gasteiger partial charge is 0.156 e. The first-order valence-electron chi connectivity index (χ1n) is 4.00. The molecule has 1 aromatic carbocycles. The highest BCUT2D eigenvalue weighted by atomic mass is 35.5. The topological polar surface area (TPSA) is 9.23 Å². The molecule has 0 aliphatic heterocycles. The number of ether oxygens (including phenoxy) is 1. The predicted octanol–water partition coefficient (Wildman–Crippen LogP) is 3.08. The van der Waals surface area contributed by atoms with Crippen LogP contribution in [0.25, 0.3) is 0 Å². The summed E-state index contributed by atoms with van der Waals surface area (Å²) in [6, 6.07) is 7.30. The van der Waals surface area contributed by atoms with Crippen molar-refractivity contribution >= 4 is 11.6 Å². The van der Waals surface area contributed by atoms with Gasteiger partial charge in [0.1, 0.15) is 5.75 Å². The van der Waals surface area contributed by atoms with Gasteiger partial charge >= 0.3 is 0 Å². The Balaban J connectivity index is 1.97. The molecule has 1 aliphatic rings. The van der Waals surface area contributed by atoms with Crippen molar-refractivity contribution in [2.45, 2.75) is 0 Å². The van der Waals surface area contributed by atoms with Crippen LogP contribution in [-0.4, -0.2) is 0 Å². The largest absolute Gasteiger partial charge is 0.482 e. The molecule has 1 aromatic rings. The molecule has 2 heteroatoms. The molecule has 0 atom stereocenters. The highest BCUT2D eigenvalue weighted by Crippen LogP contribution is 2.27. The Labute approximate surface area is 83.7 Å². The van der Waals surface area contributed by atoms with E-state index in [4.69, 9.17) is 16.3 Å². The van der Waals surface area contributed by atoms with Crippen molar-refractivity contribution in [3.8, 4) is 5.75 Å². The van der Waals surface area contributed by atoms with Gasteiger partial charge < -0.3 is 4.74 Å². The molecule has 0 aromatic heterocycles. The lowest BCUT2D eigenvalue weighted by molar-refractivity contribution is 0.373. The van der Waals surface area contributed by atoms with E-state index in [9.17, 15) is 0 Å². The number of hydrogen-bond donors (Lipinski definition) is 0. The summed E-state index contributed by atoms with van der Waals surface area (Å²) in [5.74, 6) is 0.801. The fourth-order valence-electron chi connectivity index (χ4n) is 1.06. The molecular formula is C11H8ClO. The molecule has 1 fully saturated rings. The standard InChI is InChI=1S/C11H8ClO/c12-9-5-7-11(8-6-9)13-10-3-1-2-4-10/h1-8H. The van der Waals surface area contributed by atoms with Gasteiger partial charge in [0.05, 0.1) is 0 Å². The molecule has 0 heterocycles. The minimum atomic E-state index is 0.717. The Kier molecular flexibility index (Phi) is 2.74. The normalized spacial score (nSPS) is 17.6. The van der Waals surface area contributed by atoms with Crippen molar-refractivity contribution < 1.29 is 4.74 Å². The summed E-state index contributed by atoms with van der Waals surface area (Å²) >= 11 is 5.74. The third kappa shape index (κ3) is 2.38. The van der Waals surface area contributed by atoms with Crippen molar-refractivity contribution in [2.75, 3.05) is 0 Å². The van der Waals surface area contributed by atoms with E-state index in [1.807, 2.05) is 37.8 Å². The van der Waals surface area contributed by atoms with Crippen LogP contribution in [0.15, 0.2) is 24.3 Å². The van der Waals surface area contributed by atoms with Gasteiger partial charge in [-0.2, -0.15) is 0 Å². The zero-order chi connectivity index (χ0) is 9.10. The minimum absolute atomic E-state index is 0.717. The molecule has 65 valence electrons. The lowest BCUT2D eigenvalue weighted by Gasteiger charge is -2.10. The molecule has 0 unspecified atom stereocenters. The summed E-state index contributed by atoms with van der Waals surface area (Å²) in [6.45, 7) is 0. The lowest BCUT2D eigenvalue weighted by atomic mass is 10.3. The first-order valence-corrected chi connectivity index (χ1v) is 4.37. The van der Waals surface area contributed by atoms with Gasteiger partial charge in [-0.05, 0) is 37.1 Å². The van der Waals surface area contributed by atoms with Crippen molar-refractivity contribution in [3.05, 3.63) is 61.1 Å². The highest BCUT2D eigenvalue weighted by Gasteiger charge is 2.19. The molecule has 1 nitrogen and oxygen atoms in total. The number of benzene rings is 1. The first-order chi connectivity index (χ1) is 6.34. The van der Waals surface area contributed by atoms with Crippen LogP contribution < -0.4 is 4.74 Å². The van der Waals surface area contributed by atoms with E-state index in [0.717, 1.165) is 16.9 Å². The summed E-state index contributed by atoms with van der Waals surface area (Å²) in [7, 11) is 0. The van der Waals surface area contributed by atoms with Crippen LogP contribution >= 0.6 is 11.6 Å². The average molecular weight is 192 g/mol. The lowest BCUT2D eigenvalue weighted by Crippen LogP contribution is -2.01. The van der Waals surface area contributed by atoms with Crippen LogP contribution in [0.5, 0.6) is 5.75 Å². The van der Waals surface area contributed by atoms with Gasteiger partial charge in [0.25, 0.3) is 0 Å². The van der Waals surface area contributed by atoms with Gasteiger partial charge in [0, 0.05) is 17.9 Å². The van der Waals surface area contributed by atoms with Crippen LogP contribution in [-0.2, 0) is 0 Å². The molecule has 13 heavy (non-hydrogen) atoms. The highest BCUT2D eigenvalue weighted by molar-refractivity contribution is 6.30. The van der Waals surface area contributed by atoms with Gasteiger partial charge in [-0.1, -0.05) is 11.6 Å². The number of hydrogen-bond acceptors (Lipinski definition) is 1. The Morgan fingerprint density at radius 2 is 1.54 bits per heavy atom. The van der Waals surface area contributed by atoms with E-state index >= 15 is 0 Å². The van der Waals surface area contributed by atoms with Gasteiger partial charge in [0.15, 0.2) is 6.10 Å². The van der Waals surface area contributed by atoms with E-state index in [2.05, 4.69) is 0 Å². The Bertz CT molecular complexity index is 262. The van der Waals surface area contributed by atoms with Crippen LogP contribution in [0.4, 0.5) is 0 Å². The average Bonchev–Trinajstić information content (AvgIpc) is 2.62. The van der Waals surface area contributed by atoms with E-state index in [-0.39, 0.29) is 0 Å². The molecule has 0 bridgehead atoms. The maximum Gasteiger partial charge on any atom is 0.156 e. The third-order valence-electron chi connectivity index (χ3n) is 1.68. The second-order valence-electron chi connectivity index (χ2n) is 2.68. The SMILES string of the molecule is Clc1ccc(O[C]2[CH][CH][CH][CH]2)cc1. The second kappa shape index (κ2) is 4.01. The summed E-state index contributed by atoms with van der Waals surface area (Å²) in [5.41, 5.74) is 0. The fraction of sp³-hybridized carbons (Fsp3) is 0. The van der Waals surface area contributed by atoms with E-state index in [0.29, 0.717) is 0 Å². The first kappa shape index (κ1) is 8.89.